The first-order valence-electron chi connectivity index (χ1n) is 7.03. The molecular weight excluding hydrogens is 268 g/mol. The van der Waals surface area contributed by atoms with Gasteiger partial charge in [-0.25, -0.2) is 9.78 Å². The van der Waals surface area contributed by atoms with Gasteiger partial charge in [-0.15, -0.1) is 0 Å². The monoisotopic (exact) mass is 288 g/mol. The predicted molar refractivity (Wildman–Crippen MR) is 80.7 cm³/mol. The van der Waals surface area contributed by atoms with Crippen LogP contribution in [0.15, 0.2) is 18.3 Å². The molecule has 0 radical (unpaired) electrons. The van der Waals surface area contributed by atoms with E-state index in [4.69, 9.17) is 4.74 Å². The van der Waals surface area contributed by atoms with E-state index in [0.717, 1.165) is 24.0 Å². The van der Waals surface area contributed by atoms with Gasteiger partial charge in [0.2, 0.25) is 5.91 Å². The van der Waals surface area contributed by atoms with Gasteiger partial charge in [-0.1, -0.05) is 0 Å². The molecule has 0 saturated carbocycles. The molecular formula is C16H20N2O3. The predicted octanol–water partition coefficient (Wildman–Crippen LogP) is 2.71. The SMILES string of the molecule is CC(C)(C)OC(=O)/C=C/c1cnc2c(c1)CCCC(=O)N2. The van der Waals surface area contributed by atoms with Crippen LogP contribution in [0.3, 0.4) is 0 Å². The molecule has 1 aromatic heterocycles. The molecule has 0 fully saturated rings. The summed E-state index contributed by atoms with van der Waals surface area (Å²) >= 11 is 0. The van der Waals surface area contributed by atoms with Crippen molar-refractivity contribution in [2.45, 2.75) is 45.6 Å². The van der Waals surface area contributed by atoms with Crippen molar-refractivity contribution in [3.8, 4) is 0 Å². The third kappa shape index (κ3) is 4.70. The lowest BCUT2D eigenvalue weighted by molar-refractivity contribution is -0.148. The molecule has 0 aliphatic carbocycles. The van der Waals surface area contributed by atoms with E-state index in [2.05, 4.69) is 10.3 Å². The molecule has 1 aliphatic heterocycles. The lowest BCUT2D eigenvalue weighted by Crippen LogP contribution is -2.22. The van der Waals surface area contributed by atoms with Crippen molar-refractivity contribution in [1.29, 1.82) is 0 Å². The number of aromatic nitrogens is 1. The van der Waals surface area contributed by atoms with E-state index in [1.165, 1.54) is 6.08 Å². The highest BCUT2D eigenvalue weighted by molar-refractivity contribution is 5.91. The van der Waals surface area contributed by atoms with Crippen molar-refractivity contribution in [2.75, 3.05) is 5.32 Å². The van der Waals surface area contributed by atoms with Crippen LogP contribution in [0.1, 0.15) is 44.7 Å². The van der Waals surface area contributed by atoms with Gasteiger partial charge in [0, 0.05) is 18.7 Å². The van der Waals surface area contributed by atoms with Gasteiger partial charge < -0.3 is 10.1 Å². The number of aryl methyl sites for hydroxylation is 1. The Kier molecular flexibility index (Phi) is 4.40. The topological polar surface area (TPSA) is 68.3 Å². The number of carbonyl (C=O) groups is 2. The van der Waals surface area contributed by atoms with Crippen molar-refractivity contribution < 1.29 is 14.3 Å². The van der Waals surface area contributed by atoms with Crippen LogP contribution in [-0.4, -0.2) is 22.5 Å². The summed E-state index contributed by atoms with van der Waals surface area (Å²) in [5, 5.41) is 2.78. The molecule has 2 heterocycles. The average molecular weight is 288 g/mol. The molecule has 0 aromatic carbocycles. The second kappa shape index (κ2) is 6.08. The molecule has 0 bridgehead atoms. The Morgan fingerprint density at radius 1 is 1.38 bits per heavy atom. The zero-order chi connectivity index (χ0) is 15.5. The Balaban J connectivity index is 2.10. The maximum Gasteiger partial charge on any atom is 0.331 e. The Bertz CT molecular complexity index is 586. The van der Waals surface area contributed by atoms with E-state index in [9.17, 15) is 9.59 Å². The number of pyridine rings is 1. The van der Waals surface area contributed by atoms with Gasteiger partial charge in [0.25, 0.3) is 0 Å². The largest absolute Gasteiger partial charge is 0.457 e. The molecule has 0 unspecified atom stereocenters. The molecule has 1 N–H and O–H groups in total. The van der Waals surface area contributed by atoms with Gasteiger partial charge >= 0.3 is 5.97 Å². The molecule has 1 aliphatic rings. The lowest BCUT2D eigenvalue weighted by Gasteiger charge is -2.17. The van der Waals surface area contributed by atoms with Crippen LogP contribution in [0.2, 0.25) is 0 Å². The van der Waals surface area contributed by atoms with Gasteiger partial charge in [0.05, 0.1) is 0 Å². The fraction of sp³-hybridized carbons (Fsp3) is 0.438. The number of hydrogen-bond donors (Lipinski definition) is 1. The summed E-state index contributed by atoms with van der Waals surface area (Å²) < 4.78 is 5.20. The Morgan fingerprint density at radius 2 is 2.14 bits per heavy atom. The lowest BCUT2D eigenvalue weighted by atomic mass is 10.1. The Hall–Kier alpha value is -2.17. The van der Waals surface area contributed by atoms with Gasteiger partial charge in [-0.05, 0) is 56.9 Å². The van der Waals surface area contributed by atoms with E-state index in [-0.39, 0.29) is 11.9 Å². The third-order valence-corrected chi connectivity index (χ3v) is 2.91. The van der Waals surface area contributed by atoms with Gasteiger partial charge in [-0.3, -0.25) is 4.79 Å². The third-order valence-electron chi connectivity index (χ3n) is 2.91. The summed E-state index contributed by atoms with van der Waals surface area (Å²) in [7, 11) is 0. The number of fused-ring (bicyclic) bond motifs is 1. The average Bonchev–Trinajstić information content (AvgIpc) is 2.54. The minimum absolute atomic E-state index is 0.00158. The van der Waals surface area contributed by atoms with E-state index < -0.39 is 5.60 Å². The molecule has 5 heteroatoms. The van der Waals surface area contributed by atoms with Crippen LogP contribution in [-0.2, 0) is 20.7 Å². The highest BCUT2D eigenvalue weighted by Crippen LogP contribution is 2.21. The molecule has 0 spiro atoms. The number of ether oxygens (including phenoxy) is 1. The van der Waals surface area contributed by atoms with Gasteiger partial charge in [0.15, 0.2) is 0 Å². The normalized spacial score (nSPS) is 15.3. The second-order valence-electron chi connectivity index (χ2n) is 6.04. The number of nitrogens with zero attached hydrogens (tertiary/aromatic N) is 1. The number of anilines is 1. The second-order valence-corrected chi connectivity index (χ2v) is 6.04. The van der Waals surface area contributed by atoms with Crippen LogP contribution in [0.5, 0.6) is 0 Å². The summed E-state index contributed by atoms with van der Waals surface area (Å²) in [6, 6.07) is 1.94. The highest BCUT2D eigenvalue weighted by Gasteiger charge is 2.15. The van der Waals surface area contributed by atoms with Crippen molar-refractivity contribution >= 4 is 23.8 Å². The van der Waals surface area contributed by atoms with Crippen molar-refractivity contribution in [3.63, 3.8) is 0 Å². The van der Waals surface area contributed by atoms with Crippen LogP contribution < -0.4 is 5.32 Å². The quantitative estimate of drug-likeness (QED) is 0.671. The Labute approximate surface area is 124 Å². The zero-order valence-corrected chi connectivity index (χ0v) is 12.6. The van der Waals surface area contributed by atoms with E-state index >= 15 is 0 Å². The number of esters is 1. The van der Waals surface area contributed by atoms with E-state index in [1.807, 2.05) is 26.8 Å². The number of amides is 1. The fourth-order valence-electron chi connectivity index (χ4n) is 2.06. The molecule has 0 atom stereocenters. The Morgan fingerprint density at radius 3 is 2.86 bits per heavy atom. The summed E-state index contributed by atoms with van der Waals surface area (Å²) in [6.45, 7) is 5.47. The maximum absolute atomic E-state index is 11.6. The molecule has 1 amide bonds. The van der Waals surface area contributed by atoms with E-state index in [1.54, 1.807) is 12.3 Å². The van der Waals surface area contributed by atoms with Crippen molar-refractivity contribution in [2.24, 2.45) is 0 Å². The minimum atomic E-state index is -0.502. The van der Waals surface area contributed by atoms with Gasteiger partial charge in [0.1, 0.15) is 11.4 Å². The van der Waals surface area contributed by atoms with Crippen molar-refractivity contribution in [1.82, 2.24) is 4.98 Å². The first-order valence-corrected chi connectivity index (χ1v) is 7.03. The first kappa shape index (κ1) is 15.2. The number of hydrogen-bond acceptors (Lipinski definition) is 4. The number of rotatable bonds is 2. The molecule has 2 rings (SSSR count). The van der Waals surface area contributed by atoms with Crippen LogP contribution in [0.25, 0.3) is 6.08 Å². The summed E-state index contributed by atoms with van der Waals surface area (Å²) in [5.41, 5.74) is 1.31. The first-order chi connectivity index (χ1) is 9.83. The molecule has 1 aromatic rings. The fourth-order valence-corrected chi connectivity index (χ4v) is 2.06. The highest BCUT2D eigenvalue weighted by atomic mass is 16.6. The van der Waals surface area contributed by atoms with Gasteiger partial charge in [-0.2, -0.15) is 0 Å². The summed E-state index contributed by atoms with van der Waals surface area (Å²) in [5.74, 6) is 0.232. The molecule has 0 saturated heterocycles. The number of nitrogens with one attached hydrogen (secondary N) is 1. The smallest absolute Gasteiger partial charge is 0.331 e. The summed E-state index contributed by atoms with van der Waals surface area (Å²) in [4.78, 5) is 27.3. The minimum Gasteiger partial charge on any atom is -0.457 e. The zero-order valence-electron chi connectivity index (χ0n) is 12.6. The van der Waals surface area contributed by atoms with E-state index in [0.29, 0.717) is 12.2 Å². The van der Waals surface area contributed by atoms with Crippen LogP contribution >= 0.6 is 0 Å². The maximum atomic E-state index is 11.6. The van der Waals surface area contributed by atoms with Crippen molar-refractivity contribution in [3.05, 3.63) is 29.5 Å². The molecule has 112 valence electrons. The standard InChI is InChI=1S/C16H20N2O3/c1-16(2,3)21-14(20)8-7-11-9-12-5-4-6-13(19)18-15(12)17-10-11/h7-10H,4-6H2,1-3H3,(H,17,18,19)/b8-7+. The molecule has 21 heavy (non-hydrogen) atoms. The number of carbonyl (C=O) groups excluding carboxylic acids is 2. The molecule has 5 nitrogen and oxygen atoms in total. The summed E-state index contributed by atoms with van der Waals surface area (Å²) in [6.07, 6.45) is 6.82. The van der Waals surface area contributed by atoms with Crippen LogP contribution in [0, 0.1) is 0 Å². The van der Waals surface area contributed by atoms with Crippen LogP contribution in [0.4, 0.5) is 5.82 Å².